The summed E-state index contributed by atoms with van der Waals surface area (Å²) in [6.45, 7) is 6.18. The van der Waals surface area contributed by atoms with Gasteiger partial charge in [0.15, 0.2) is 34.7 Å². The van der Waals surface area contributed by atoms with Crippen LogP contribution in [0.5, 0.6) is 17.2 Å². The van der Waals surface area contributed by atoms with Crippen LogP contribution in [-0.2, 0) is 12.7 Å². The number of phenolic OH excluding ortho intramolecular Hbond substituents is 3. The van der Waals surface area contributed by atoms with Crippen LogP contribution in [0.25, 0.3) is 0 Å². The van der Waals surface area contributed by atoms with Gasteiger partial charge in [0.1, 0.15) is 0 Å². The standard InChI is InChI=1S/C15H12F4N2O2.C14H19FN2O2.C11H15FN2O2/c16-12-7-11(5-6-13(12)22)21-14(23)20-8-9-1-3-10(4-2-9)15(17,18)19;15-12-8-11(6-7-13(12)18)17-14(19)16-9-10-4-2-1-3-5-10;1-11(2,3)14-10(16)13-7-4-5-9(15)8(12)6-7/h1-7,22H,8H2,(H2,20,21,23);6-8,10,18H,1-5,9H2,(H2,16,17,19);4-6,15H,1-3H3,(H2,13,14,16). The maximum absolute atomic E-state index is 13.1. The van der Waals surface area contributed by atoms with Crippen LogP contribution < -0.4 is 31.9 Å². The van der Waals surface area contributed by atoms with Crippen molar-refractivity contribution in [3.8, 4) is 17.2 Å². The highest BCUT2D eigenvalue weighted by molar-refractivity contribution is 5.90. The Labute approximate surface area is 331 Å². The molecule has 4 aromatic carbocycles. The Morgan fingerprint density at radius 1 is 0.603 bits per heavy atom. The first kappa shape index (κ1) is 46.1. The zero-order valence-corrected chi connectivity index (χ0v) is 31.9. The van der Waals surface area contributed by atoms with Crippen molar-refractivity contribution in [2.24, 2.45) is 5.92 Å². The molecule has 1 aliphatic rings. The molecule has 9 N–H and O–H groups in total. The van der Waals surface area contributed by atoms with E-state index in [4.69, 9.17) is 15.3 Å². The summed E-state index contributed by atoms with van der Waals surface area (Å²) < 4.78 is 76.4. The fourth-order valence-electron chi connectivity index (χ4n) is 5.23. The fraction of sp³-hybridized carbons (Fsp3) is 0.325. The number of hydrogen-bond donors (Lipinski definition) is 9. The topological polar surface area (TPSA) is 184 Å². The molecule has 0 aliphatic heterocycles. The summed E-state index contributed by atoms with van der Waals surface area (Å²) in [5.41, 5.74) is 0.0912. The Morgan fingerprint density at radius 3 is 1.41 bits per heavy atom. The molecular formula is C40H46F6N6O6. The van der Waals surface area contributed by atoms with E-state index in [9.17, 15) is 40.7 Å². The zero-order valence-electron chi connectivity index (χ0n) is 31.9. The predicted molar refractivity (Wildman–Crippen MR) is 207 cm³/mol. The quantitative estimate of drug-likeness (QED) is 0.0661. The fourth-order valence-corrected chi connectivity index (χ4v) is 5.23. The number of urea groups is 3. The lowest BCUT2D eigenvalue weighted by atomic mass is 9.89. The number of anilines is 3. The molecule has 0 atom stereocenters. The molecule has 0 bridgehead atoms. The number of halogens is 6. The monoisotopic (exact) mass is 820 g/mol. The van der Waals surface area contributed by atoms with E-state index in [1.54, 1.807) is 0 Å². The van der Waals surface area contributed by atoms with E-state index in [2.05, 4.69) is 31.9 Å². The second-order valence-corrected chi connectivity index (χ2v) is 14.2. The van der Waals surface area contributed by atoms with Crippen molar-refractivity contribution in [1.29, 1.82) is 0 Å². The predicted octanol–water partition coefficient (Wildman–Crippen LogP) is 9.56. The summed E-state index contributed by atoms with van der Waals surface area (Å²) in [6.07, 6.45) is 1.66. The molecule has 314 valence electrons. The van der Waals surface area contributed by atoms with Crippen LogP contribution in [0.15, 0.2) is 78.9 Å². The average molecular weight is 821 g/mol. The lowest BCUT2D eigenvalue weighted by molar-refractivity contribution is -0.137. The maximum Gasteiger partial charge on any atom is 0.416 e. The highest BCUT2D eigenvalue weighted by Crippen LogP contribution is 2.29. The van der Waals surface area contributed by atoms with Gasteiger partial charge in [0, 0.05) is 53.9 Å². The van der Waals surface area contributed by atoms with E-state index < -0.39 is 58.5 Å². The van der Waals surface area contributed by atoms with Crippen molar-refractivity contribution in [3.05, 3.63) is 107 Å². The van der Waals surface area contributed by atoms with Gasteiger partial charge in [-0.15, -0.1) is 0 Å². The minimum Gasteiger partial charge on any atom is -0.505 e. The van der Waals surface area contributed by atoms with Crippen molar-refractivity contribution in [3.63, 3.8) is 0 Å². The number of phenols is 3. The number of rotatable bonds is 7. The number of amides is 6. The molecule has 5 rings (SSSR count). The van der Waals surface area contributed by atoms with Crippen molar-refractivity contribution in [1.82, 2.24) is 16.0 Å². The SMILES string of the molecule is CC(C)(C)NC(=O)Nc1ccc(O)c(F)c1.O=C(NCC1CCCCC1)Nc1ccc(O)c(F)c1.O=C(NCc1ccc(C(F)(F)F)cc1)Nc1ccc(O)c(F)c1. The third kappa shape index (κ3) is 16.8. The van der Waals surface area contributed by atoms with Crippen molar-refractivity contribution < 1.29 is 56.0 Å². The van der Waals surface area contributed by atoms with Crippen molar-refractivity contribution in [2.75, 3.05) is 22.5 Å². The van der Waals surface area contributed by atoms with Gasteiger partial charge in [0.05, 0.1) is 5.56 Å². The lowest BCUT2D eigenvalue weighted by Gasteiger charge is -2.21. The van der Waals surface area contributed by atoms with Crippen LogP contribution in [0.4, 0.5) is 57.8 Å². The van der Waals surface area contributed by atoms with Gasteiger partial charge in [0.25, 0.3) is 0 Å². The minimum absolute atomic E-state index is 0.00450. The molecule has 58 heavy (non-hydrogen) atoms. The number of aromatic hydroxyl groups is 3. The third-order valence-corrected chi connectivity index (χ3v) is 8.12. The molecule has 1 aliphatic carbocycles. The smallest absolute Gasteiger partial charge is 0.416 e. The second kappa shape index (κ2) is 21.3. The summed E-state index contributed by atoms with van der Waals surface area (Å²) in [5.74, 6) is -3.25. The molecule has 12 nitrogen and oxygen atoms in total. The number of nitrogens with one attached hydrogen (secondary N) is 6. The van der Waals surface area contributed by atoms with Crippen LogP contribution in [0.2, 0.25) is 0 Å². The molecule has 1 fully saturated rings. The van der Waals surface area contributed by atoms with Gasteiger partial charge in [-0.25, -0.2) is 27.6 Å². The molecule has 4 aromatic rings. The van der Waals surface area contributed by atoms with Gasteiger partial charge in [0.2, 0.25) is 0 Å². The highest BCUT2D eigenvalue weighted by atomic mass is 19.4. The van der Waals surface area contributed by atoms with Crippen LogP contribution in [0.1, 0.15) is 64.0 Å². The van der Waals surface area contributed by atoms with Gasteiger partial charge in [-0.2, -0.15) is 13.2 Å². The van der Waals surface area contributed by atoms with Crippen LogP contribution in [0.3, 0.4) is 0 Å². The summed E-state index contributed by atoms with van der Waals surface area (Å²) in [7, 11) is 0. The Balaban J connectivity index is 0.000000237. The van der Waals surface area contributed by atoms with E-state index in [1.165, 1.54) is 61.7 Å². The summed E-state index contributed by atoms with van der Waals surface area (Å²) in [4.78, 5) is 34.7. The van der Waals surface area contributed by atoms with Gasteiger partial charge in [-0.05, 0) is 93.6 Å². The first-order valence-corrected chi connectivity index (χ1v) is 18.0. The van der Waals surface area contributed by atoms with E-state index in [0.29, 0.717) is 23.7 Å². The minimum atomic E-state index is -4.41. The summed E-state index contributed by atoms with van der Waals surface area (Å²) in [6, 6.07) is 13.7. The zero-order chi connectivity index (χ0) is 43.0. The third-order valence-electron chi connectivity index (χ3n) is 8.12. The van der Waals surface area contributed by atoms with Crippen molar-refractivity contribution >= 4 is 35.2 Å². The van der Waals surface area contributed by atoms with Gasteiger partial charge >= 0.3 is 24.3 Å². The Hall–Kier alpha value is -6.33. The van der Waals surface area contributed by atoms with Crippen LogP contribution in [0, 0.1) is 23.4 Å². The Kier molecular flexibility index (Phi) is 16.9. The average Bonchev–Trinajstić information content (AvgIpc) is 3.14. The highest BCUT2D eigenvalue weighted by Gasteiger charge is 2.30. The van der Waals surface area contributed by atoms with E-state index in [-0.39, 0.29) is 29.5 Å². The maximum atomic E-state index is 13.1. The normalized spacial score (nSPS) is 12.7. The number of carbonyl (C=O) groups is 3. The van der Waals surface area contributed by atoms with E-state index >= 15 is 0 Å². The molecule has 0 radical (unpaired) electrons. The first-order chi connectivity index (χ1) is 27.2. The van der Waals surface area contributed by atoms with E-state index in [1.807, 2.05) is 20.8 Å². The van der Waals surface area contributed by atoms with E-state index in [0.717, 1.165) is 49.2 Å². The molecule has 0 heterocycles. The largest absolute Gasteiger partial charge is 0.505 e. The summed E-state index contributed by atoms with van der Waals surface area (Å²) in [5, 5.41) is 42.3. The van der Waals surface area contributed by atoms with Gasteiger partial charge in [-0.1, -0.05) is 31.4 Å². The second-order valence-electron chi connectivity index (χ2n) is 14.2. The summed E-state index contributed by atoms with van der Waals surface area (Å²) >= 11 is 0. The van der Waals surface area contributed by atoms with Crippen LogP contribution >= 0.6 is 0 Å². The molecule has 6 amide bonds. The molecule has 18 heteroatoms. The molecule has 0 saturated heterocycles. The molecule has 1 saturated carbocycles. The van der Waals surface area contributed by atoms with Crippen LogP contribution in [-0.4, -0.2) is 45.5 Å². The molecule has 0 aromatic heterocycles. The lowest BCUT2D eigenvalue weighted by Crippen LogP contribution is -2.43. The number of carbonyl (C=O) groups excluding carboxylic acids is 3. The Morgan fingerprint density at radius 2 is 1.02 bits per heavy atom. The molecule has 0 unspecified atom stereocenters. The number of benzene rings is 4. The molecular weight excluding hydrogens is 774 g/mol. The molecule has 0 spiro atoms. The van der Waals surface area contributed by atoms with Crippen molar-refractivity contribution in [2.45, 2.75) is 71.1 Å². The number of hydrogen-bond acceptors (Lipinski definition) is 6. The van der Waals surface area contributed by atoms with Gasteiger partial charge in [-0.3, -0.25) is 0 Å². The van der Waals surface area contributed by atoms with Gasteiger partial charge < -0.3 is 47.2 Å². The number of alkyl halides is 3. The first-order valence-electron chi connectivity index (χ1n) is 18.0. The Bertz CT molecular complexity index is 1990.